The summed E-state index contributed by atoms with van der Waals surface area (Å²) in [5.41, 5.74) is 2.30. The van der Waals surface area contributed by atoms with Gasteiger partial charge in [0, 0.05) is 29.9 Å². The van der Waals surface area contributed by atoms with Crippen LogP contribution in [0.15, 0.2) is 82.2 Å². The lowest BCUT2D eigenvalue weighted by Gasteiger charge is -2.26. The molecule has 0 unspecified atom stereocenters. The number of hydrogen-bond acceptors (Lipinski definition) is 6. The van der Waals surface area contributed by atoms with Crippen LogP contribution in [-0.4, -0.2) is 50.1 Å². The van der Waals surface area contributed by atoms with E-state index in [1.807, 2.05) is 30.3 Å². The molecule has 9 heteroatoms. The zero-order valence-electron chi connectivity index (χ0n) is 17.6. The average Bonchev–Trinajstić information content (AvgIpc) is 3.28. The first kappa shape index (κ1) is 21.3. The van der Waals surface area contributed by atoms with Crippen molar-refractivity contribution in [3.63, 3.8) is 0 Å². The quantitative estimate of drug-likeness (QED) is 0.484. The maximum Gasteiger partial charge on any atom is 0.255 e. The maximum absolute atomic E-state index is 13.0. The van der Waals surface area contributed by atoms with E-state index >= 15 is 0 Å². The Bertz CT molecular complexity index is 1410. The first-order valence-electron chi connectivity index (χ1n) is 10.5. The van der Waals surface area contributed by atoms with E-state index in [2.05, 4.69) is 10.5 Å². The molecule has 1 aliphatic heterocycles. The van der Waals surface area contributed by atoms with Crippen LogP contribution in [-0.2, 0) is 14.8 Å². The fraction of sp³-hybridized carbons (Fsp3) is 0.167. The Morgan fingerprint density at radius 3 is 2.52 bits per heavy atom. The van der Waals surface area contributed by atoms with Crippen molar-refractivity contribution in [3.8, 4) is 11.3 Å². The lowest BCUT2D eigenvalue weighted by atomic mass is 10.1. The highest BCUT2D eigenvalue weighted by molar-refractivity contribution is 7.89. The van der Waals surface area contributed by atoms with Crippen LogP contribution in [0.5, 0.6) is 0 Å². The van der Waals surface area contributed by atoms with Crippen molar-refractivity contribution in [2.75, 3.05) is 31.6 Å². The molecule has 8 nitrogen and oxygen atoms in total. The number of anilines is 1. The highest BCUT2D eigenvalue weighted by Gasteiger charge is 2.26. The van der Waals surface area contributed by atoms with Gasteiger partial charge in [-0.05, 0) is 36.4 Å². The summed E-state index contributed by atoms with van der Waals surface area (Å²) in [6.45, 7) is 1.35. The minimum absolute atomic E-state index is 0.128. The maximum atomic E-state index is 13.0. The third-order valence-corrected chi connectivity index (χ3v) is 7.37. The molecule has 0 atom stereocenters. The predicted octanol–water partition coefficient (Wildman–Crippen LogP) is 3.77. The number of fused-ring (bicyclic) bond motifs is 1. The second-order valence-corrected chi connectivity index (χ2v) is 9.55. The summed E-state index contributed by atoms with van der Waals surface area (Å²) in [4.78, 5) is 13.1. The van der Waals surface area contributed by atoms with Gasteiger partial charge < -0.3 is 14.6 Å². The van der Waals surface area contributed by atoms with Gasteiger partial charge in [-0.25, -0.2) is 8.42 Å². The average molecular weight is 464 g/mol. The Hall–Kier alpha value is -3.53. The molecule has 3 aromatic carbocycles. The number of carbonyl (C=O) groups excluding carboxylic acids is 1. The molecule has 33 heavy (non-hydrogen) atoms. The summed E-state index contributed by atoms with van der Waals surface area (Å²) in [5.74, 6) is 0.219. The van der Waals surface area contributed by atoms with Crippen LogP contribution in [0.3, 0.4) is 0 Å². The largest absolute Gasteiger partial charge is 0.379 e. The Balaban J connectivity index is 1.40. The molecule has 1 aromatic heterocycles. The van der Waals surface area contributed by atoms with Crippen LogP contribution in [0.2, 0.25) is 0 Å². The number of sulfonamides is 1. The molecular weight excluding hydrogens is 442 g/mol. The van der Waals surface area contributed by atoms with Crippen molar-refractivity contribution in [2.45, 2.75) is 4.90 Å². The minimum atomic E-state index is -3.66. The smallest absolute Gasteiger partial charge is 0.255 e. The second-order valence-electron chi connectivity index (χ2n) is 7.61. The number of nitrogens with zero attached hydrogens (tertiary/aromatic N) is 2. The molecule has 168 valence electrons. The Kier molecular flexibility index (Phi) is 5.67. The van der Waals surface area contributed by atoms with Crippen molar-refractivity contribution in [3.05, 3.63) is 78.4 Å². The number of aromatic nitrogens is 1. The van der Waals surface area contributed by atoms with Crippen molar-refractivity contribution < 1.29 is 22.5 Å². The van der Waals surface area contributed by atoms with Crippen molar-refractivity contribution >= 4 is 32.5 Å². The van der Waals surface area contributed by atoms with Crippen LogP contribution in [0, 0.1) is 0 Å². The predicted molar refractivity (Wildman–Crippen MR) is 123 cm³/mol. The SMILES string of the molecule is O=C(Nc1cccc(S(=O)(=O)N2CCOCC2)c1)c1ccc2noc(-c3ccccc3)c2c1. The molecule has 1 aliphatic rings. The van der Waals surface area contributed by atoms with E-state index in [0.717, 1.165) is 10.9 Å². The number of rotatable bonds is 5. The number of ether oxygens (including phenoxy) is 1. The molecule has 0 radical (unpaired) electrons. The fourth-order valence-electron chi connectivity index (χ4n) is 3.75. The molecule has 1 amide bonds. The Morgan fingerprint density at radius 2 is 1.73 bits per heavy atom. The van der Waals surface area contributed by atoms with Crippen LogP contribution in [0.25, 0.3) is 22.2 Å². The van der Waals surface area contributed by atoms with Crippen LogP contribution < -0.4 is 5.32 Å². The fourth-order valence-corrected chi connectivity index (χ4v) is 5.21. The third kappa shape index (κ3) is 4.25. The lowest BCUT2D eigenvalue weighted by molar-refractivity contribution is 0.0730. The lowest BCUT2D eigenvalue weighted by Crippen LogP contribution is -2.40. The first-order valence-corrected chi connectivity index (χ1v) is 11.9. The summed E-state index contributed by atoms with van der Waals surface area (Å²) in [6, 6.07) is 20.9. The number of morpholine rings is 1. The van der Waals surface area contributed by atoms with Gasteiger partial charge in [0.25, 0.3) is 5.91 Å². The molecule has 5 rings (SSSR count). The molecule has 0 bridgehead atoms. The zero-order valence-corrected chi connectivity index (χ0v) is 18.4. The van der Waals surface area contributed by atoms with Gasteiger partial charge in [0.1, 0.15) is 5.52 Å². The van der Waals surface area contributed by atoms with Gasteiger partial charge in [0.05, 0.1) is 23.5 Å². The zero-order chi connectivity index (χ0) is 22.8. The molecule has 4 aromatic rings. The first-order chi connectivity index (χ1) is 16.0. The molecular formula is C24H21N3O5S. The molecule has 1 saturated heterocycles. The van der Waals surface area contributed by atoms with E-state index < -0.39 is 10.0 Å². The molecule has 1 fully saturated rings. The number of carbonyl (C=O) groups is 1. The van der Waals surface area contributed by atoms with E-state index in [1.54, 1.807) is 30.3 Å². The molecule has 1 N–H and O–H groups in total. The van der Waals surface area contributed by atoms with E-state index in [0.29, 0.717) is 48.8 Å². The van der Waals surface area contributed by atoms with Crippen molar-refractivity contribution in [1.29, 1.82) is 0 Å². The summed E-state index contributed by atoms with van der Waals surface area (Å²) >= 11 is 0. The topological polar surface area (TPSA) is 102 Å². The Morgan fingerprint density at radius 1 is 0.939 bits per heavy atom. The van der Waals surface area contributed by atoms with Gasteiger partial charge in [-0.15, -0.1) is 0 Å². The number of hydrogen-bond donors (Lipinski definition) is 1. The monoisotopic (exact) mass is 463 g/mol. The standard InChI is InChI=1S/C24H21N3O5S/c28-24(18-9-10-22-21(15-18)23(32-26-22)17-5-2-1-3-6-17)25-19-7-4-8-20(16-19)33(29,30)27-11-13-31-14-12-27/h1-10,15-16H,11-14H2,(H,25,28). The highest BCUT2D eigenvalue weighted by Crippen LogP contribution is 2.29. The van der Waals surface area contributed by atoms with E-state index in [4.69, 9.17) is 9.26 Å². The van der Waals surface area contributed by atoms with Crippen molar-refractivity contribution in [2.24, 2.45) is 0 Å². The number of nitrogens with one attached hydrogen (secondary N) is 1. The Labute approximate surface area is 190 Å². The highest BCUT2D eigenvalue weighted by atomic mass is 32.2. The van der Waals surface area contributed by atoms with Crippen LogP contribution in [0.4, 0.5) is 5.69 Å². The van der Waals surface area contributed by atoms with Crippen LogP contribution in [0.1, 0.15) is 10.4 Å². The van der Waals surface area contributed by atoms with E-state index in [1.165, 1.54) is 16.4 Å². The van der Waals surface area contributed by atoms with Gasteiger partial charge >= 0.3 is 0 Å². The van der Waals surface area contributed by atoms with E-state index in [-0.39, 0.29) is 10.8 Å². The van der Waals surface area contributed by atoms with Gasteiger partial charge in [-0.3, -0.25) is 4.79 Å². The normalized spacial score (nSPS) is 14.9. The van der Waals surface area contributed by atoms with Gasteiger partial charge in [0.2, 0.25) is 10.0 Å². The number of amides is 1. The van der Waals surface area contributed by atoms with Gasteiger partial charge in [-0.2, -0.15) is 4.31 Å². The van der Waals surface area contributed by atoms with Gasteiger partial charge in [0.15, 0.2) is 5.76 Å². The summed E-state index contributed by atoms with van der Waals surface area (Å²) in [7, 11) is -3.66. The molecule has 2 heterocycles. The van der Waals surface area contributed by atoms with Gasteiger partial charge in [-0.1, -0.05) is 41.6 Å². The minimum Gasteiger partial charge on any atom is -0.379 e. The molecule has 0 spiro atoms. The third-order valence-electron chi connectivity index (χ3n) is 5.47. The second kappa shape index (κ2) is 8.78. The number of benzene rings is 3. The summed E-state index contributed by atoms with van der Waals surface area (Å²) in [5, 5.41) is 7.59. The van der Waals surface area contributed by atoms with Crippen molar-refractivity contribution in [1.82, 2.24) is 9.46 Å². The van der Waals surface area contributed by atoms with E-state index in [9.17, 15) is 13.2 Å². The van der Waals surface area contributed by atoms with Crippen LogP contribution >= 0.6 is 0 Å². The summed E-state index contributed by atoms with van der Waals surface area (Å²) < 4.78 is 38.0. The molecule has 0 saturated carbocycles. The summed E-state index contributed by atoms with van der Waals surface area (Å²) in [6.07, 6.45) is 0. The molecule has 0 aliphatic carbocycles.